The number of nitrogens with one attached hydrogen (secondary N) is 1. The van der Waals surface area contributed by atoms with Crippen LogP contribution in [0.2, 0.25) is 0 Å². The molecule has 1 N–H and O–H groups in total. The molecule has 124 valence electrons. The van der Waals surface area contributed by atoms with Gasteiger partial charge in [-0.25, -0.2) is 0 Å². The summed E-state index contributed by atoms with van der Waals surface area (Å²) in [6, 6.07) is 13.6. The molecule has 0 bridgehead atoms. The van der Waals surface area contributed by atoms with Crippen LogP contribution in [0, 0.1) is 5.92 Å². The van der Waals surface area contributed by atoms with Crippen LogP contribution in [0.5, 0.6) is 0 Å². The fraction of sp³-hybridized carbons (Fsp3) is 0.294. The highest BCUT2D eigenvalue weighted by Crippen LogP contribution is 2.25. The van der Waals surface area contributed by atoms with Crippen LogP contribution in [-0.2, 0) is 11.3 Å². The van der Waals surface area contributed by atoms with Gasteiger partial charge in [0.1, 0.15) is 6.54 Å². The first-order chi connectivity index (χ1) is 11.6. The second-order valence-corrected chi connectivity index (χ2v) is 6.79. The smallest absolute Gasteiger partial charge is 0.244 e. The molecule has 3 aromatic rings. The Morgan fingerprint density at radius 2 is 2.00 bits per heavy atom. The summed E-state index contributed by atoms with van der Waals surface area (Å²) in [5.74, 6) is 0.692. The van der Waals surface area contributed by atoms with Crippen LogP contribution >= 0.6 is 11.3 Å². The summed E-state index contributed by atoms with van der Waals surface area (Å²) in [5.41, 5.74) is 0.878. The minimum Gasteiger partial charge on any atom is -0.347 e. The maximum atomic E-state index is 12.3. The molecule has 0 unspecified atom stereocenters. The van der Waals surface area contributed by atoms with Crippen molar-refractivity contribution in [2.45, 2.75) is 26.4 Å². The van der Waals surface area contributed by atoms with E-state index in [0.717, 1.165) is 10.4 Å². The van der Waals surface area contributed by atoms with Crippen molar-refractivity contribution in [1.29, 1.82) is 0 Å². The summed E-state index contributed by atoms with van der Waals surface area (Å²) in [6.45, 7) is 4.23. The van der Waals surface area contributed by atoms with Crippen LogP contribution in [-0.4, -0.2) is 26.1 Å². The van der Waals surface area contributed by atoms with Crippen molar-refractivity contribution in [2.24, 2.45) is 5.92 Å². The molecule has 2 heterocycles. The predicted molar refractivity (Wildman–Crippen MR) is 93.3 cm³/mol. The van der Waals surface area contributed by atoms with Crippen molar-refractivity contribution >= 4 is 17.2 Å². The van der Waals surface area contributed by atoms with Gasteiger partial charge in [0.25, 0.3) is 0 Å². The summed E-state index contributed by atoms with van der Waals surface area (Å²) in [4.78, 5) is 14.8. The molecule has 1 amide bonds. The van der Waals surface area contributed by atoms with Gasteiger partial charge in [0.05, 0.1) is 6.04 Å². The maximum Gasteiger partial charge on any atom is 0.244 e. The van der Waals surface area contributed by atoms with Crippen LogP contribution < -0.4 is 5.32 Å². The second-order valence-electron chi connectivity index (χ2n) is 5.81. The Hall–Kier alpha value is -2.54. The molecule has 0 saturated heterocycles. The van der Waals surface area contributed by atoms with E-state index in [2.05, 4.69) is 34.6 Å². The number of aromatic nitrogens is 4. The van der Waals surface area contributed by atoms with E-state index in [1.54, 1.807) is 11.3 Å². The normalized spacial score (nSPS) is 12.3. The van der Waals surface area contributed by atoms with Crippen molar-refractivity contribution < 1.29 is 4.79 Å². The Morgan fingerprint density at radius 3 is 2.67 bits per heavy atom. The fourth-order valence-corrected chi connectivity index (χ4v) is 3.34. The third kappa shape index (κ3) is 3.86. The maximum absolute atomic E-state index is 12.3. The van der Waals surface area contributed by atoms with Gasteiger partial charge < -0.3 is 5.32 Å². The highest BCUT2D eigenvalue weighted by atomic mass is 32.1. The van der Waals surface area contributed by atoms with Crippen LogP contribution in [0.4, 0.5) is 0 Å². The first-order valence-electron chi connectivity index (χ1n) is 7.79. The number of nitrogens with zero attached hydrogens (tertiary/aromatic N) is 4. The van der Waals surface area contributed by atoms with Crippen LogP contribution in [0.3, 0.4) is 0 Å². The third-order valence-corrected chi connectivity index (χ3v) is 4.56. The van der Waals surface area contributed by atoms with Crippen molar-refractivity contribution in [2.75, 3.05) is 0 Å². The minimum absolute atomic E-state index is 0.00499. The van der Waals surface area contributed by atoms with Crippen LogP contribution in [0.15, 0.2) is 47.8 Å². The predicted octanol–water partition coefficient (Wildman–Crippen LogP) is 2.92. The average Bonchev–Trinajstić information content (AvgIpc) is 3.25. The lowest BCUT2D eigenvalue weighted by molar-refractivity contribution is -0.123. The zero-order valence-corrected chi connectivity index (χ0v) is 14.4. The van der Waals surface area contributed by atoms with E-state index >= 15 is 0 Å². The zero-order valence-electron chi connectivity index (χ0n) is 13.6. The van der Waals surface area contributed by atoms with E-state index in [9.17, 15) is 4.79 Å². The molecule has 0 aliphatic rings. The molecular weight excluding hydrogens is 322 g/mol. The fourth-order valence-electron chi connectivity index (χ4n) is 2.40. The molecular formula is C17H19N5OS. The highest BCUT2D eigenvalue weighted by Gasteiger charge is 2.20. The van der Waals surface area contributed by atoms with E-state index in [-0.39, 0.29) is 18.5 Å². The van der Waals surface area contributed by atoms with Gasteiger partial charge in [-0.05, 0) is 22.6 Å². The Labute approximate surface area is 144 Å². The number of rotatable bonds is 6. The van der Waals surface area contributed by atoms with Crippen molar-refractivity contribution in [1.82, 2.24) is 25.5 Å². The quantitative estimate of drug-likeness (QED) is 0.748. The molecule has 2 aromatic heterocycles. The lowest BCUT2D eigenvalue weighted by Gasteiger charge is -2.21. The summed E-state index contributed by atoms with van der Waals surface area (Å²) in [7, 11) is 0. The Kier molecular flexibility index (Phi) is 5.00. The first kappa shape index (κ1) is 16.3. The lowest BCUT2D eigenvalue weighted by Crippen LogP contribution is -2.34. The topological polar surface area (TPSA) is 72.7 Å². The summed E-state index contributed by atoms with van der Waals surface area (Å²) in [6.07, 6.45) is 0. The highest BCUT2D eigenvalue weighted by molar-refractivity contribution is 7.10. The number of hydrogen-bond acceptors (Lipinski definition) is 5. The average molecular weight is 341 g/mol. The largest absolute Gasteiger partial charge is 0.347 e. The summed E-state index contributed by atoms with van der Waals surface area (Å²) < 4.78 is 0. The number of amides is 1. The molecule has 1 aromatic carbocycles. The van der Waals surface area contributed by atoms with E-state index in [0.29, 0.717) is 11.7 Å². The SMILES string of the molecule is CC(C)[C@H](NC(=O)Cn1nnc(-c2ccccc2)n1)c1cccs1. The Bertz CT molecular complexity index is 782. The standard InChI is InChI=1S/C17H19N5OS/c1-12(2)16(14-9-6-10-24-14)18-15(23)11-22-20-17(19-21-22)13-7-4-3-5-8-13/h3-10,12,16H,11H2,1-2H3,(H,18,23)/t16-/m0/s1. The van der Waals surface area contributed by atoms with Crippen molar-refractivity contribution in [3.8, 4) is 11.4 Å². The number of carbonyl (C=O) groups excluding carboxylic acids is 1. The Morgan fingerprint density at radius 1 is 1.21 bits per heavy atom. The van der Waals surface area contributed by atoms with Crippen LogP contribution in [0.1, 0.15) is 24.8 Å². The van der Waals surface area contributed by atoms with Crippen molar-refractivity contribution in [3.63, 3.8) is 0 Å². The molecule has 0 aliphatic heterocycles. The molecule has 0 saturated carbocycles. The summed E-state index contributed by atoms with van der Waals surface area (Å²) >= 11 is 1.64. The zero-order chi connectivity index (χ0) is 16.9. The van der Waals surface area contributed by atoms with Gasteiger partial charge in [0, 0.05) is 10.4 Å². The van der Waals surface area contributed by atoms with Gasteiger partial charge in [-0.15, -0.1) is 21.5 Å². The monoisotopic (exact) mass is 341 g/mol. The molecule has 0 fully saturated rings. The third-order valence-electron chi connectivity index (χ3n) is 3.60. The van der Waals surface area contributed by atoms with Gasteiger partial charge in [-0.1, -0.05) is 50.2 Å². The van der Waals surface area contributed by atoms with Gasteiger partial charge in [-0.2, -0.15) is 4.80 Å². The molecule has 0 aliphatic carbocycles. The summed E-state index contributed by atoms with van der Waals surface area (Å²) in [5, 5.41) is 17.3. The van der Waals surface area contributed by atoms with Crippen LogP contribution in [0.25, 0.3) is 11.4 Å². The van der Waals surface area contributed by atoms with E-state index < -0.39 is 0 Å². The number of thiophene rings is 1. The molecule has 0 spiro atoms. The number of hydrogen-bond donors (Lipinski definition) is 1. The van der Waals surface area contributed by atoms with E-state index in [4.69, 9.17) is 0 Å². The number of carbonyl (C=O) groups is 1. The van der Waals surface area contributed by atoms with E-state index in [1.165, 1.54) is 4.80 Å². The molecule has 6 nitrogen and oxygen atoms in total. The van der Waals surface area contributed by atoms with Gasteiger partial charge in [0.2, 0.25) is 11.7 Å². The molecule has 1 atom stereocenters. The van der Waals surface area contributed by atoms with Crippen molar-refractivity contribution in [3.05, 3.63) is 52.7 Å². The first-order valence-corrected chi connectivity index (χ1v) is 8.67. The number of tetrazole rings is 1. The number of benzene rings is 1. The van der Waals surface area contributed by atoms with E-state index in [1.807, 2.05) is 47.8 Å². The molecule has 7 heteroatoms. The van der Waals surface area contributed by atoms with Gasteiger partial charge in [0.15, 0.2) is 0 Å². The lowest BCUT2D eigenvalue weighted by atomic mass is 10.0. The Balaban J connectivity index is 1.66. The molecule has 24 heavy (non-hydrogen) atoms. The minimum atomic E-state index is -0.126. The molecule has 0 radical (unpaired) electrons. The second kappa shape index (κ2) is 7.35. The molecule has 3 rings (SSSR count). The van der Waals surface area contributed by atoms with Gasteiger partial charge in [-0.3, -0.25) is 4.79 Å². The van der Waals surface area contributed by atoms with Gasteiger partial charge >= 0.3 is 0 Å².